The van der Waals surface area contributed by atoms with E-state index in [1.54, 1.807) is 0 Å². The van der Waals surface area contributed by atoms with E-state index in [2.05, 4.69) is 4.74 Å². The number of alkyl halides is 2. The van der Waals surface area contributed by atoms with Gasteiger partial charge in [0.2, 0.25) is 0 Å². The average Bonchev–Trinajstić information content (AvgIpc) is 1.27. The Morgan fingerprint density at radius 1 is 1.71 bits per heavy atom. The molecule has 0 radical (unpaired) electrons. The van der Waals surface area contributed by atoms with Crippen LogP contribution in [0.2, 0.25) is 0 Å². The van der Waals surface area contributed by atoms with Gasteiger partial charge >= 0.3 is 5.97 Å². The summed E-state index contributed by atoms with van der Waals surface area (Å²) in [5.74, 6) is -0.343. The van der Waals surface area contributed by atoms with Crippen molar-refractivity contribution in [2.75, 3.05) is 0 Å². The largest absolute Gasteiger partial charge is 0.428 e. The highest BCUT2D eigenvalue weighted by Crippen LogP contribution is 2.35. The maximum absolute atomic E-state index is 9.92. The predicted octanol–water partition coefficient (Wildman–Crippen LogP) is 1.06. The molecule has 0 amide bonds. The van der Waals surface area contributed by atoms with Gasteiger partial charge in [0.25, 0.3) is 4.52 Å². The molecule has 0 saturated carbocycles. The molecule has 1 fully saturated rings. The van der Waals surface area contributed by atoms with Crippen molar-refractivity contribution in [1.29, 1.82) is 0 Å². The molecule has 0 unspecified atom stereocenters. The van der Waals surface area contributed by atoms with E-state index < -0.39 is 4.52 Å². The summed E-state index contributed by atoms with van der Waals surface area (Å²) in [5.41, 5.74) is 0. The molecule has 1 rings (SSSR count). The molecule has 2 nitrogen and oxygen atoms in total. The molecule has 1 aliphatic heterocycles. The van der Waals surface area contributed by atoms with Crippen molar-refractivity contribution in [2.24, 2.45) is 0 Å². The zero-order valence-electron chi connectivity index (χ0n) is 3.28. The zero-order chi connectivity index (χ0) is 5.49. The molecule has 7 heavy (non-hydrogen) atoms. The van der Waals surface area contributed by atoms with Crippen molar-refractivity contribution in [2.45, 2.75) is 10.9 Å². The van der Waals surface area contributed by atoms with Crippen LogP contribution in [0.15, 0.2) is 0 Å². The number of esters is 1. The lowest BCUT2D eigenvalue weighted by Gasteiger charge is -2.27. The zero-order valence-corrected chi connectivity index (χ0v) is 4.79. The summed E-state index contributed by atoms with van der Waals surface area (Å²) in [6, 6.07) is 0. The fraction of sp³-hybridized carbons (Fsp3) is 0.667. The number of hydrogen-bond acceptors (Lipinski definition) is 2. The minimum Gasteiger partial charge on any atom is -0.428 e. The fourth-order valence-corrected chi connectivity index (χ4v) is 0.717. The normalized spacial score (nSPS) is 25.7. The summed E-state index contributed by atoms with van der Waals surface area (Å²) in [5, 5.41) is 0. The van der Waals surface area contributed by atoms with Gasteiger partial charge in [0.1, 0.15) is 6.42 Å². The van der Waals surface area contributed by atoms with Gasteiger partial charge in [-0.2, -0.15) is 0 Å². The van der Waals surface area contributed by atoms with Gasteiger partial charge in [-0.1, -0.05) is 23.2 Å². The molecule has 0 aliphatic carbocycles. The molecule has 1 aliphatic rings. The van der Waals surface area contributed by atoms with E-state index in [0.717, 1.165) is 0 Å². The Morgan fingerprint density at radius 3 is 2.14 bits per heavy atom. The highest BCUT2D eigenvalue weighted by atomic mass is 35.5. The van der Waals surface area contributed by atoms with E-state index in [0.29, 0.717) is 0 Å². The Bertz CT molecular complexity index is 99.5. The third-order valence-electron chi connectivity index (χ3n) is 0.613. The Balaban J connectivity index is 2.43. The Morgan fingerprint density at radius 2 is 2.14 bits per heavy atom. The second-order valence-corrected chi connectivity index (χ2v) is 2.70. The monoisotopic (exact) mass is 140 g/mol. The summed E-state index contributed by atoms with van der Waals surface area (Å²) >= 11 is 10.4. The summed E-state index contributed by atoms with van der Waals surface area (Å²) in [7, 11) is 0. The van der Waals surface area contributed by atoms with Gasteiger partial charge in [-0.3, -0.25) is 4.79 Å². The smallest absolute Gasteiger partial charge is 0.315 e. The van der Waals surface area contributed by atoms with Crippen LogP contribution < -0.4 is 0 Å². The Kier molecular flexibility index (Phi) is 0.937. The highest BCUT2D eigenvalue weighted by molar-refractivity contribution is 6.49. The van der Waals surface area contributed by atoms with Crippen LogP contribution in [0.5, 0.6) is 0 Å². The van der Waals surface area contributed by atoms with Gasteiger partial charge in [0.05, 0.1) is 0 Å². The Hall–Kier alpha value is 0.0500. The third kappa shape index (κ3) is 0.983. The van der Waals surface area contributed by atoms with Crippen LogP contribution in [0.4, 0.5) is 0 Å². The number of rotatable bonds is 0. The fourth-order valence-electron chi connectivity index (χ4n) is 0.326. The van der Waals surface area contributed by atoms with Crippen LogP contribution >= 0.6 is 23.2 Å². The van der Waals surface area contributed by atoms with Gasteiger partial charge in [-0.05, 0) is 0 Å². The lowest BCUT2D eigenvalue weighted by molar-refractivity contribution is -0.165. The summed E-state index contributed by atoms with van der Waals surface area (Å²) in [6.07, 6.45) is 0.107. The quantitative estimate of drug-likeness (QED) is 0.372. The third-order valence-corrected chi connectivity index (χ3v) is 1.03. The second kappa shape index (κ2) is 1.26. The van der Waals surface area contributed by atoms with Crippen molar-refractivity contribution >= 4 is 29.2 Å². The summed E-state index contributed by atoms with van der Waals surface area (Å²) < 4.78 is 3.01. The molecule has 0 atom stereocenters. The number of cyclic esters (lactones) is 1. The molecule has 0 bridgehead atoms. The van der Waals surface area contributed by atoms with Gasteiger partial charge in [-0.15, -0.1) is 0 Å². The lowest BCUT2D eigenvalue weighted by atomic mass is 10.4. The Labute approximate surface area is 50.3 Å². The maximum atomic E-state index is 9.92. The van der Waals surface area contributed by atoms with E-state index in [1.165, 1.54) is 0 Å². The first-order valence-corrected chi connectivity index (χ1v) is 2.45. The molecular formula is C3H2Cl2O2. The first-order chi connectivity index (χ1) is 3.10. The molecule has 1 saturated heterocycles. The van der Waals surface area contributed by atoms with Crippen LogP contribution in [-0.2, 0) is 9.53 Å². The first-order valence-electron chi connectivity index (χ1n) is 1.70. The van der Waals surface area contributed by atoms with Gasteiger partial charge in [0.15, 0.2) is 0 Å². The molecule has 0 aromatic carbocycles. The van der Waals surface area contributed by atoms with E-state index in [1.807, 2.05) is 0 Å². The number of carbonyl (C=O) groups excluding carboxylic acids is 1. The van der Waals surface area contributed by atoms with Crippen molar-refractivity contribution in [3.05, 3.63) is 0 Å². The van der Waals surface area contributed by atoms with Crippen LogP contribution in [0.25, 0.3) is 0 Å². The number of ether oxygens (including phenoxy) is 1. The molecule has 40 valence electrons. The molecule has 0 spiro atoms. The van der Waals surface area contributed by atoms with E-state index >= 15 is 0 Å². The topological polar surface area (TPSA) is 26.3 Å². The summed E-state index contributed by atoms with van der Waals surface area (Å²) in [6.45, 7) is 0. The van der Waals surface area contributed by atoms with Gasteiger partial charge in [-0.25, -0.2) is 0 Å². The highest BCUT2D eigenvalue weighted by Gasteiger charge is 2.42. The van der Waals surface area contributed by atoms with Crippen molar-refractivity contribution in [3.8, 4) is 0 Å². The summed E-state index contributed by atoms with van der Waals surface area (Å²) in [4.78, 5) is 9.92. The number of halogens is 2. The van der Waals surface area contributed by atoms with E-state index in [-0.39, 0.29) is 12.4 Å². The van der Waals surface area contributed by atoms with Crippen LogP contribution in [0, 0.1) is 0 Å². The molecule has 1 heterocycles. The van der Waals surface area contributed by atoms with Crippen LogP contribution in [0.1, 0.15) is 6.42 Å². The molecular weight excluding hydrogens is 139 g/mol. The van der Waals surface area contributed by atoms with E-state index in [9.17, 15) is 4.79 Å². The SMILES string of the molecule is O=C1CC(Cl)(Cl)O1. The van der Waals surface area contributed by atoms with Gasteiger partial charge < -0.3 is 4.74 Å². The lowest BCUT2D eigenvalue weighted by Crippen LogP contribution is -2.37. The van der Waals surface area contributed by atoms with Crippen molar-refractivity contribution in [3.63, 3.8) is 0 Å². The number of hydrogen-bond donors (Lipinski definition) is 0. The molecule has 0 aromatic rings. The average molecular weight is 141 g/mol. The maximum Gasteiger partial charge on any atom is 0.315 e. The standard InChI is InChI=1S/C3H2Cl2O2/c4-3(5)1-2(6)7-3/h1H2. The molecule has 0 N–H and O–H groups in total. The van der Waals surface area contributed by atoms with Crippen molar-refractivity contribution in [1.82, 2.24) is 0 Å². The van der Waals surface area contributed by atoms with Crippen LogP contribution in [-0.4, -0.2) is 10.5 Å². The predicted molar refractivity (Wildman–Crippen MR) is 25.1 cm³/mol. The minimum atomic E-state index is -1.21. The first kappa shape index (κ1) is 5.19. The number of carbonyl (C=O) groups is 1. The van der Waals surface area contributed by atoms with Gasteiger partial charge in [0, 0.05) is 0 Å². The van der Waals surface area contributed by atoms with Crippen LogP contribution in [0.3, 0.4) is 0 Å². The molecule has 4 heteroatoms. The van der Waals surface area contributed by atoms with Crippen molar-refractivity contribution < 1.29 is 9.53 Å². The minimum absolute atomic E-state index is 0.107. The van der Waals surface area contributed by atoms with E-state index in [4.69, 9.17) is 23.2 Å². The second-order valence-electron chi connectivity index (χ2n) is 1.29. The molecule has 0 aromatic heterocycles.